The van der Waals surface area contributed by atoms with Crippen molar-refractivity contribution >= 4 is 0 Å². The summed E-state index contributed by atoms with van der Waals surface area (Å²) in [6, 6.07) is 3.82. The van der Waals surface area contributed by atoms with Crippen LogP contribution in [0.4, 0.5) is 0 Å². The smallest absolute Gasteiger partial charge is 0.176 e. The van der Waals surface area contributed by atoms with Gasteiger partial charge in [0, 0.05) is 12.6 Å². The number of hydrogen-bond acceptors (Lipinski definition) is 6. The Bertz CT molecular complexity index is 493. The van der Waals surface area contributed by atoms with Crippen molar-refractivity contribution in [2.24, 2.45) is 12.9 Å². The molecule has 90 valence electrons. The van der Waals surface area contributed by atoms with Gasteiger partial charge in [0.25, 0.3) is 0 Å². The van der Waals surface area contributed by atoms with Crippen molar-refractivity contribution in [1.82, 2.24) is 30.6 Å². The van der Waals surface area contributed by atoms with Crippen LogP contribution in [0, 0.1) is 6.92 Å². The molecule has 0 amide bonds. The molecule has 0 saturated heterocycles. The summed E-state index contributed by atoms with van der Waals surface area (Å²) in [5, 5.41) is 11.8. The Hall–Kier alpha value is -1.86. The number of nitrogens with two attached hydrogens (primary N) is 1. The Morgan fingerprint density at radius 3 is 2.94 bits per heavy atom. The largest absolute Gasteiger partial charge is 0.271 e. The molecule has 3 N–H and O–H groups in total. The lowest BCUT2D eigenvalue weighted by atomic mass is 10.1. The maximum atomic E-state index is 5.54. The number of pyridine rings is 1. The van der Waals surface area contributed by atoms with E-state index in [2.05, 4.69) is 25.8 Å². The molecule has 2 aromatic heterocycles. The minimum Gasteiger partial charge on any atom is -0.271 e. The zero-order chi connectivity index (χ0) is 12.3. The first-order valence-corrected chi connectivity index (χ1v) is 5.30. The molecule has 0 radical (unpaired) electrons. The summed E-state index contributed by atoms with van der Waals surface area (Å²) in [6.45, 7) is 2.01. The standard InChI is InChI=1S/C10H15N7/c1-7-3-4-12-8(5-7)9(13-11)6-10-14-16-17(2)15-10/h3-5,9,13H,6,11H2,1-2H3. The van der Waals surface area contributed by atoms with E-state index in [1.807, 2.05) is 19.1 Å². The van der Waals surface area contributed by atoms with Crippen LogP contribution in [0.3, 0.4) is 0 Å². The molecule has 0 bridgehead atoms. The van der Waals surface area contributed by atoms with Gasteiger partial charge < -0.3 is 0 Å². The number of aromatic nitrogens is 5. The lowest BCUT2D eigenvalue weighted by Crippen LogP contribution is -2.30. The quantitative estimate of drug-likeness (QED) is 0.554. The van der Waals surface area contributed by atoms with Gasteiger partial charge in [-0.05, 0) is 29.8 Å². The van der Waals surface area contributed by atoms with Crippen LogP contribution < -0.4 is 11.3 Å². The highest BCUT2D eigenvalue weighted by Crippen LogP contribution is 2.14. The van der Waals surface area contributed by atoms with Crippen molar-refractivity contribution in [3.05, 3.63) is 35.4 Å². The monoisotopic (exact) mass is 233 g/mol. The van der Waals surface area contributed by atoms with E-state index < -0.39 is 0 Å². The number of tetrazole rings is 1. The van der Waals surface area contributed by atoms with Crippen molar-refractivity contribution in [3.63, 3.8) is 0 Å². The van der Waals surface area contributed by atoms with Gasteiger partial charge in [0.05, 0.1) is 18.8 Å². The van der Waals surface area contributed by atoms with Crippen molar-refractivity contribution in [1.29, 1.82) is 0 Å². The van der Waals surface area contributed by atoms with Gasteiger partial charge in [0.1, 0.15) is 0 Å². The van der Waals surface area contributed by atoms with E-state index in [0.29, 0.717) is 12.2 Å². The molecule has 7 nitrogen and oxygen atoms in total. The average molecular weight is 233 g/mol. The molecule has 2 aromatic rings. The fourth-order valence-electron chi connectivity index (χ4n) is 1.59. The number of hydrogen-bond donors (Lipinski definition) is 2. The van der Waals surface area contributed by atoms with Crippen LogP contribution in [-0.2, 0) is 13.5 Å². The van der Waals surface area contributed by atoms with Crippen LogP contribution in [0.2, 0.25) is 0 Å². The molecule has 0 saturated carbocycles. The molecular weight excluding hydrogens is 218 g/mol. The van der Waals surface area contributed by atoms with Crippen molar-refractivity contribution in [2.45, 2.75) is 19.4 Å². The highest BCUT2D eigenvalue weighted by molar-refractivity contribution is 5.17. The summed E-state index contributed by atoms with van der Waals surface area (Å²) in [5.41, 5.74) is 4.74. The van der Waals surface area contributed by atoms with E-state index in [1.54, 1.807) is 13.2 Å². The van der Waals surface area contributed by atoms with E-state index in [9.17, 15) is 0 Å². The Kier molecular flexibility index (Phi) is 3.40. The number of aryl methyl sites for hydroxylation is 2. The number of rotatable bonds is 4. The zero-order valence-electron chi connectivity index (χ0n) is 9.83. The SMILES string of the molecule is Cc1ccnc(C(Cc2nnn(C)n2)NN)c1. The van der Waals surface area contributed by atoms with Gasteiger partial charge in [0.15, 0.2) is 5.82 Å². The van der Waals surface area contributed by atoms with Crippen LogP contribution >= 0.6 is 0 Å². The molecule has 0 aliphatic heterocycles. The Morgan fingerprint density at radius 1 is 1.53 bits per heavy atom. The first-order chi connectivity index (χ1) is 8.19. The van der Waals surface area contributed by atoms with E-state index >= 15 is 0 Å². The lowest BCUT2D eigenvalue weighted by Gasteiger charge is -2.13. The predicted molar refractivity (Wildman–Crippen MR) is 61.5 cm³/mol. The number of hydrazine groups is 1. The maximum absolute atomic E-state index is 5.54. The molecule has 2 rings (SSSR count). The highest BCUT2D eigenvalue weighted by Gasteiger charge is 2.15. The van der Waals surface area contributed by atoms with Crippen molar-refractivity contribution < 1.29 is 0 Å². The summed E-state index contributed by atoms with van der Waals surface area (Å²) < 4.78 is 0. The van der Waals surface area contributed by atoms with Crippen molar-refractivity contribution in [2.75, 3.05) is 0 Å². The minimum atomic E-state index is -0.112. The molecule has 0 aliphatic rings. The van der Waals surface area contributed by atoms with Gasteiger partial charge in [-0.25, -0.2) is 0 Å². The first kappa shape index (κ1) is 11.6. The third-order valence-electron chi connectivity index (χ3n) is 2.43. The second kappa shape index (κ2) is 4.98. The summed E-state index contributed by atoms with van der Waals surface area (Å²) in [5.74, 6) is 6.17. The van der Waals surface area contributed by atoms with E-state index in [1.165, 1.54) is 4.80 Å². The fourth-order valence-corrected chi connectivity index (χ4v) is 1.59. The molecule has 2 heterocycles. The summed E-state index contributed by atoms with van der Waals surface area (Å²) in [4.78, 5) is 5.71. The Morgan fingerprint density at radius 2 is 2.35 bits per heavy atom. The van der Waals surface area contributed by atoms with Gasteiger partial charge in [-0.1, -0.05) is 0 Å². The van der Waals surface area contributed by atoms with Crippen LogP contribution in [0.5, 0.6) is 0 Å². The Labute approximate surface area is 99.0 Å². The molecule has 7 heteroatoms. The maximum Gasteiger partial charge on any atom is 0.176 e. The van der Waals surface area contributed by atoms with Crippen LogP contribution in [0.15, 0.2) is 18.3 Å². The van der Waals surface area contributed by atoms with E-state index in [-0.39, 0.29) is 6.04 Å². The fraction of sp³-hybridized carbons (Fsp3) is 0.400. The first-order valence-electron chi connectivity index (χ1n) is 5.30. The third kappa shape index (κ3) is 2.83. The summed E-state index contributed by atoms with van der Waals surface area (Å²) in [7, 11) is 1.73. The second-order valence-electron chi connectivity index (χ2n) is 3.88. The highest BCUT2D eigenvalue weighted by atomic mass is 15.6. The minimum absolute atomic E-state index is 0.112. The molecule has 0 aliphatic carbocycles. The van der Waals surface area contributed by atoms with Crippen LogP contribution in [0.1, 0.15) is 23.1 Å². The predicted octanol–water partition coefficient (Wildman–Crippen LogP) is -0.339. The summed E-state index contributed by atoms with van der Waals surface area (Å²) >= 11 is 0. The van der Waals surface area contributed by atoms with Gasteiger partial charge in [-0.15, -0.1) is 10.2 Å². The lowest BCUT2D eigenvalue weighted by molar-refractivity contribution is 0.523. The van der Waals surface area contributed by atoms with Crippen molar-refractivity contribution in [3.8, 4) is 0 Å². The topological polar surface area (TPSA) is 94.5 Å². The molecule has 0 spiro atoms. The van der Waals surface area contributed by atoms with Gasteiger partial charge >= 0.3 is 0 Å². The van der Waals surface area contributed by atoms with Gasteiger partial charge in [0.2, 0.25) is 0 Å². The molecule has 17 heavy (non-hydrogen) atoms. The molecule has 1 unspecified atom stereocenters. The Balaban J connectivity index is 2.16. The van der Waals surface area contributed by atoms with Gasteiger partial charge in [-0.2, -0.15) is 4.80 Å². The zero-order valence-corrected chi connectivity index (χ0v) is 9.83. The molecule has 0 fully saturated rings. The third-order valence-corrected chi connectivity index (χ3v) is 2.43. The molecule has 1 atom stereocenters. The summed E-state index contributed by atoms with van der Waals surface area (Å²) in [6.07, 6.45) is 2.32. The normalized spacial score (nSPS) is 12.6. The second-order valence-corrected chi connectivity index (χ2v) is 3.88. The van der Waals surface area contributed by atoms with E-state index in [4.69, 9.17) is 5.84 Å². The van der Waals surface area contributed by atoms with E-state index in [0.717, 1.165) is 11.3 Å². The molecular formula is C10H15N7. The number of nitrogens with one attached hydrogen (secondary N) is 1. The average Bonchev–Trinajstić information content (AvgIpc) is 2.72. The van der Waals surface area contributed by atoms with Crippen LogP contribution in [0.25, 0.3) is 0 Å². The van der Waals surface area contributed by atoms with Gasteiger partial charge in [-0.3, -0.25) is 16.3 Å². The van der Waals surface area contributed by atoms with Crippen LogP contribution in [-0.4, -0.2) is 25.2 Å². The molecule has 0 aromatic carbocycles. The number of nitrogens with zero attached hydrogens (tertiary/aromatic N) is 5.